The SMILES string of the molecule is CC(C)CC(NC(=O)OCc1ccccc1)C(=O)NC(CCc1ccccc1)C(=O)c1nc(C(=O)NCCc2ccccc2)co1. The van der Waals surface area contributed by atoms with Gasteiger partial charge >= 0.3 is 6.09 Å². The molecule has 0 saturated heterocycles. The van der Waals surface area contributed by atoms with Crippen molar-refractivity contribution in [3.63, 3.8) is 0 Å². The molecule has 0 saturated carbocycles. The zero-order valence-electron chi connectivity index (χ0n) is 26.1. The average molecular weight is 625 g/mol. The number of hydrogen-bond acceptors (Lipinski definition) is 7. The molecule has 240 valence electrons. The first-order chi connectivity index (χ1) is 22.3. The third kappa shape index (κ3) is 10.7. The summed E-state index contributed by atoms with van der Waals surface area (Å²) in [6.07, 6.45) is 2.06. The number of alkyl carbamates (subject to hydrolysis) is 1. The molecule has 4 rings (SSSR count). The van der Waals surface area contributed by atoms with Crippen LogP contribution in [-0.2, 0) is 29.0 Å². The van der Waals surface area contributed by atoms with Crippen LogP contribution in [0.5, 0.6) is 0 Å². The molecule has 4 aromatic rings. The lowest BCUT2D eigenvalue weighted by Gasteiger charge is -2.23. The normalized spacial score (nSPS) is 12.2. The Morgan fingerprint density at radius 2 is 1.35 bits per heavy atom. The topological polar surface area (TPSA) is 140 Å². The van der Waals surface area contributed by atoms with Gasteiger partial charge in [0.2, 0.25) is 11.7 Å². The quantitative estimate of drug-likeness (QED) is 0.144. The largest absolute Gasteiger partial charge is 0.445 e. The minimum Gasteiger partial charge on any atom is -0.445 e. The number of carbonyl (C=O) groups excluding carboxylic acids is 4. The zero-order chi connectivity index (χ0) is 32.7. The number of ether oxygens (including phenoxy) is 1. The molecule has 2 unspecified atom stereocenters. The Morgan fingerprint density at radius 3 is 1.96 bits per heavy atom. The highest BCUT2D eigenvalue weighted by atomic mass is 16.5. The van der Waals surface area contributed by atoms with E-state index >= 15 is 0 Å². The van der Waals surface area contributed by atoms with E-state index in [1.54, 1.807) is 0 Å². The van der Waals surface area contributed by atoms with Crippen LogP contribution < -0.4 is 16.0 Å². The third-order valence-corrected chi connectivity index (χ3v) is 7.22. The predicted octanol–water partition coefficient (Wildman–Crippen LogP) is 5.29. The summed E-state index contributed by atoms with van der Waals surface area (Å²) in [6.45, 7) is 4.28. The number of benzene rings is 3. The summed E-state index contributed by atoms with van der Waals surface area (Å²) >= 11 is 0. The van der Waals surface area contributed by atoms with Crippen LogP contribution in [0.25, 0.3) is 0 Å². The van der Waals surface area contributed by atoms with E-state index in [2.05, 4.69) is 20.9 Å². The average Bonchev–Trinajstić information content (AvgIpc) is 3.57. The first kappa shape index (κ1) is 33.6. The highest BCUT2D eigenvalue weighted by Gasteiger charge is 2.31. The fourth-order valence-corrected chi connectivity index (χ4v) is 4.80. The molecule has 0 aliphatic heterocycles. The Balaban J connectivity index is 1.42. The molecule has 10 heteroatoms. The molecule has 0 fully saturated rings. The van der Waals surface area contributed by atoms with Gasteiger partial charge in [0.15, 0.2) is 5.69 Å². The number of hydrogen-bond donors (Lipinski definition) is 3. The van der Waals surface area contributed by atoms with Crippen LogP contribution in [0.2, 0.25) is 0 Å². The van der Waals surface area contributed by atoms with Crippen LogP contribution >= 0.6 is 0 Å². The second-order valence-electron chi connectivity index (χ2n) is 11.4. The van der Waals surface area contributed by atoms with E-state index in [9.17, 15) is 19.2 Å². The summed E-state index contributed by atoms with van der Waals surface area (Å²) in [7, 11) is 0. The molecule has 0 aliphatic carbocycles. The van der Waals surface area contributed by atoms with E-state index in [0.29, 0.717) is 25.8 Å². The van der Waals surface area contributed by atoms with Gasteiger partial charge in [-0.3, -0.25) is 14.4 Å². The fourth-order valence-electron chi connectivity index (χ4n) is 4.80. The Kier molecular flexibility index (Phi) is 12.6. The lowest BCUT2D eigenvalue weighted by Crippen LogP contribution is -2.52. The Hall–Kier alpha value is -5.25. The molecule has 0 spiro atoms. The molecule has 3 aromatic carbocycles. The number of ketones is 1. The van der Waals surface area contributed by atoms with Crippen molar-refractivity contribution in [1.29, 1.82) is 0 Å². The van der Waals surface area contributed by atoms with Crippen LogP contribution in [0.4, 0.5) is 4.79 Å². The molecule has 0 radical (unpaired) electrons. The van der Waals surface area contributed by atoms with Crippen LogP contribution in [0.1, 0.15) is 64.6 Å². The lowest BCUT2D eigenvalue weighted by molar-refractivity contribution is -0.124. The second kappa shape index (κ2) is 17.3. The maximum Gasteiger partial charge on any atom is 0.408 e. The highest BCUT2D eigenvalue weighted by molar-refractivity contribution is 6.00. The molecule has 10 nitrogen and oxygen atoms in total. The van der Waals surface area contributed by atoms with Gasteiger partial charge in [-0.15, -0.1) is 0 Å². The van der Waals surface area contributed by atoms with E-state index in [-0.39, 0.29) is 30.5 Å². The minimum atomic E-state index is -1.03. The molecule has 3 N–H and O–H groups in total. The first-order valence-corrected chi connectivity index (χ1v) is 15.4. The number of carbonyl (C=O) groups is 4. The van der Waals surface area contributed by atoms with Crippen molar-refractivity contribution in [3.05, 3.63) is 126 Å². The number of amides is 3. The summed E-state index contributed by atoms with van der Waals surface area (Å²) < 4.78 is 10.8. The molecule has 1 aromatic heterocycles. The third-order valence-electron chi connectivity index (χ3n) is 7.22. The molecule has 0 bridgehead atoms. The summed E-state index contributed by atoms with van der Waals surface area (Å²) in [6, 6.07) is 26.5. The van der Waals surface area contributed by atoms with Gasteiger partial charge in [0.1, 0.15) is 18.9 Å². The van der Waals surface area contributed by atoms with Crippen molar-refractivity contribution in [3.8, 4) is 0 Å². The molecule has 2 atom stereocenters. The Bertz CT molecular complexity index is 1560. The molecule has 0 aliphatic rings. The number of rotatable bonds is 16. The number of nitrogens with zero attached hydrogens (tertiary/aromatic N) is 1. The van der Waals surface area contributed by atoms with E-state index in [1.165, 1.54) is 0 Å². The van der Waals surface area contributed by atoms with Crippen LogP contribution in [0.3, 0.4) is 0 Å². The predicted molar refractivity (Wildman–Crippen MR) is 173 cm³/mol. The monoisotopic (exact) mass is 624 g/mol. The van der Waals surface area contributed by atoms with Crippen molar-refractivity contribution >= 4 is 23.7 Å². The number of aromatic nitrogens is 1. The van der Waals surface area contributed by atoms with Crippen LogP contribution in [0.15, 0.2) is 102 Å². The molecule has 46 heavy (non-hydrogen) atoms. The van der Waals surface area contributed by atoms with Crippen molar-refractivity contribution in [2.45, 2.75) is 58.2 Å². The van der Waals surface area contributed by atoms with Gasteiger partial charge in [-0.2, -0.15) is 0 Å². The van der Waals surface area contributed by atoms with E-state index in [1.807, 2.05) is 105 Å². The maximum atomic E-state index is 13.6. The van der Waals surface area contributed by atoms with E-state index in [4.69, 9.17) is 9.15 Å². The Labute approximate surface area is 269 Å². The number of nitrogens with one attached hydrogen (secondary N) is 3. The maximum absolute atomic E-state index is 13.6. The van der Waals surface area contributed by atoms with Crippen molar-refractivity contribution in [2.24, 2.45) is 5.92 Å². The standard InChI is InChI=1S/C36H40N4O6/c1-25(2)22-30(40-36(44)46-23-28-16-10-5-11-17-28)34(43)38-29(19-18-26-12-6-3-7-13-26)32(41)35-39-31(24-45-35)33(42)37-21-20-27-14-8-4-9-15-27/h3-17,24-25,29-30H,18-23H2,1-2H3,(H,37,42)(H,38,43)(H,40,44). The number of oxazole rings is 1. The smallest absolute Gasteiger partial charge is 0.408 e. The minimum absolute atomic E-state index is 0.0370. The second-order valence-corrected chi connectivity index (χ2v) is 11.4. The van der Waals surface area contributed by atoms with E-state index < -0.39 is 35.8 Å². The van der Waals surface area contributed by atoms with Crippen LogP contribution in [-0.4, -0.2) is 47.3 Å². The molecular weight excluding hydrogens is 584 g/mol. The first-order valence-electron chi connectivity index (χ1n) is 15.4. The van der Waals surface area contributed by atoms with Gasteiger partial charge in [-0.1, -0.05) is 105 Å². The lowest BCUT2D eigenvalue weighted by atomic mass is 9.99. The van der Waals surface area contributed by atoms with E-state index in [0.717, 1.165) is 23.0 Å². The molecule has 3 amide bonds. The Morgan fingerprint density at radius 1 is 0.761 bits per heavy atom. The van der Waals surface area contributed by atoms with Crippen molar-refractivity contribution < 1.29 is 28.3 Å². The summed E-state index contributed by atoms with van der Waals surface area (Å²) in [5, 5.41) is 8.24. The molecule has 1 heterocycles. The summed E-state index contributed by atoms with van der Waals surface area (Å²) in [4.78, 5) is 56.7. The van der Waals surface area contributed by atoms with Gasteiger partial charge in [0, 0.05) is 6.54 Å². The van der Waals surface area contributed by atoms with Gasteiger partial charge in [0.05, 0.1) is 6.04 Å². The fraction of sp³-hybridized carbons (Fsp3) is 0.306. The number of Topliss-reactive ketones (excluding diaryl/α,β-unsaturated/α-hetero) is 1. The van der Waals surface area contributed by atoms with Crippen molar-refractivity contribution in [2.75, 3.05) is 6.54 Å². The number of aryl methyl sites for hydroxylation is 1. The summed E-state index contributed by atoms with van der Waals surface area (Å²) in [5.74, 6) is -1.83. The van der Waals surface area contributed by atoms with Gasteiger partial charge < -0.3 is 25.1 Å². The van der Waals surface area contributed by atoms with Gasteiger partial charge in [-0.25, -0.2) is 9.78 Å². The zero-order valence-corrected chi connectivity index (χ0v) is 26.1. The molecular formula is C36H40N4O6. The highest BCUT2D eigenvalue weighted by Crippen LogP contribution is 2.14. The van der Waals surface area contributed by atoms with Crippen LogP contribution in [0, 0.1) is 5.92 Å². The van der Waals surface area contributed by atoms with Crippen molar-refractivity contribution in [1.82, 2.24) is 20.9 Å². The summed E-state index contributed by atoms with van der Waals surface area (Å²) in [5.41, 5.74) is 2.82. The van der Waals surface area contributed by atoms with Gasteiger partial charge in [-0.05, 0) is 48.3 Å². The van der Waals surface area contributed by atoms with Gasteiger partial charge in [0.25, 0.3) is 11.8 Å².